The number of benzene rings is 1. The highest BCUT2D eigenvalue weighted by Gasteiger charge is 2.06. The van der Waals surface area contributed by atoms with Crippen LogP contribution in [0.4, 0.5) is 0 Å². The molecule has 0 heterocycles. The number of amides is 1. The van der Waals surface area contributed by atoms with Crippen molar-refractivity contribution in [2.45, 2.75) is 32.6 Å². The van der Waals surface area contributed by atoms with Gasteiger partial charge in [0.05, 0.1) is 0 Å². The number of nitrogens with one attached hydrogen (secondary N) is 2. The molecule has 0 unspecified atom stereocenters. The van der Waals surface area contributed by atoms with E-state index in [4.69, 9.17) is 23.8 Å². The summed E-state index contributed by atoms with van der Waals surface area (Å²) in [5.41, 5.74) is 0.976. The predicted octanol–water partition coefficient (Wildman–Crippen LogP) is 3.06. The van der Waals surface area contributed by atoms with Crippen molar-refractivity contribution in [3.8, 4) is 0 Å². The zero-order valence-electron chi connectivity index (χ0n) is 11.0. The summed E-state index contributed by atoms with van der Waals surface area (Å²) in [7, 11) is 0. The van der Waals surface area contributed by atoms with Crippen LogP contribution in [0.25, 0.3) is 0 Å². The van der Waals surface area contributed by atoms with Crippen molar-refractivity contribution in [1.29, 1.82) is 0 Å². The highest BCUT2D eigenvalue weighted by molar-refractivity contribution is 7.80. The standard InChI is InChI=1S/C14H19ClN2OS/c1-2-3-10-16-14(19)17-13(18)9-8-11-6-4-5-7-12(11)15/h4-7H,2-3,8-10H2,1H3,(H2,16,17,18,19). The Balaban J connectivity index is 2.28. The van der Waals surface area contributed by atoms with E-state index < -0.39 is 0 Å². The number of carbonyl (C=O) groups is 1. The second kappa shape index (κ2) is 8.88. The molecule has 19 heavy (non-hydrogen) atoms. The number of hydrogen-bond acceptors (Lipinski definition) is 2. The van der Waals surface area contributed by atoms with Crippen molar-refractivity contribution in [1.82, 2.24) is 10.6 Å². The van der Waals surface area contributed by atoms with Crippen molar-refractivity contribution >= 4 is 34.8 Å². The molecule has 0 spiro atoms. The number of thiocarbonyl (C=S) groups is 1. The quantitative estimate of drug-likeness (QED) is 0.626. The van der Waals surface area contributed by atoms with Gasteiger partial charge in [0.1, 0.15) is 0 Å². The molecule has 0 aromatic heterocycles. The maximum Gasteiger partial charge on any atom is 0.226 e. The summed E-state index contributed by atoms with van der Waals surface area (Å²) in [4.78, 5) is 11.7. The van der Waals surface area contributed by atoms with E-state index in [0.29, 0.717) is 23.0 Å². The minimum atomic E-state index is -0.0890. The first-order valence-electron chi connectivity index (χ1n) is 6.44. The first-order chi connectivity index (χ1) is 9.13. The van der Waals surface area contributed by atoms with Gasteiger partial charge in [0, 0.05) is 18.0 Å². The van der Waals surface area contributed by atoms with Crippen LogP contribution in [0, 0.1) is 0 Å². The SMILES string of the molecule is CCCCNC(=S)NC(=O)CCc1ccccc1Cl. The molecular weight excluding hydrogens is 280 g/mol. The molecule has 0 fully saturated rings. The normalized spacial score (nSPS) is 10.0. The Morgan fingerprint density at radius 3 is 2.79 bits per heavy atom. The van der Waals surface area contributed by atoms with Crippen LogP contribution in [-0.2, 0) is 11.2 Å². The van der Waals surface area contributed by atoms with E-state index in [1.807, 2.05) is 24.3 Å². The Kier molecular flexibility index (Phi) is 7.45. The molecule has 0 aliphatic carbocycles. The van der Waals surface area contributed by atoms with Gasteiger partial charge in [-0.1, -0.05) is 43.1 Å². The molecule has 0 aliphatic heterocycles. The van der Waals surface area contributed by atoms with Gasteiger partial charge in [-0.3, -0.25) is 4.79 Å². The summed E-state index contributed by atoms with van der Waals surface area (Å²) in [6.45, 7) is 2.90. The molecule has 0 bridgehead atoms. The van der Waals surface area contributed by atoms with Crippen molar-refractivity contribution in [3.05, 3.63) is 34.9 Å². The molecule has 0 atom stereocenters. The third kappa shape index (κ3) is 6.55. The lowest BCUT2D eigenvalue weighted by atomic mass is 10.1. The number of hydrogen-bond donors (Lipinski definition) is 2. The molecule has 1 aromatic rings. The summed E-state index contributed by atoms with van der Waals surface area (Å²) in [5, 5.41) is 6.76. The van der Waals surface area contributed by atoms with E-state index in [1.54, 1.807) is 0 Å². The van der Waals surface area contributed by atoms with Crippen LogP contribution in [-0.4, -0.2) is 17.6 Å². The Hall–Kier alpha value is -1.13. The van der Waals surface area contributed by atoms with Gasteiger partial charge in [0.25, 0.3) is 0 Å². The van der Waals surface area contributed by atoms with Crippen molar-refractivity contribution in [2.75, 3.05) is 6.54 Å². The van der Waals surface area contributed by atoms with E-state index >= 15 is 0 Å². The Bertz CT molecular complexity index is 437. The van der Waals surface area contributed by atoms with Crippen LogP contribution in [0.15, 0.2) is 24.3 Å². The maximum atomic E-state index is 11.7. The monoisotopic (exact) mass is 298 g/mol. The second-order valence-corrected chi connectivity index (χ2v) is 5.06. The molecule has 1 rings (SSSR count). The van der Waals surface area contributed by atoms with Crippen molar-refractivity contribution < 1.29 is 4.79 Å². The van der Waals surface area contributed by atoms with E-state index in [-0.39, 0.29) is 5.91 Å². The minimum absolute atomic E-state index is 0.0890. The zero-order valence-corrected chi connectivity index (χ0v) is 12.6. The van der Waals surface area contributed by atoms with Gasteiger partial charge >= 0.3 is 0 Å². The van der Waals surface area contributed by atoms with Crippen molar-refractivity contribution in [3.63, 3.8) is 0 Å². The molecule has 2 N–H and O–H groups in total. The van der Waals surface area contributed by atoms with Crippen molar-refractivity contribution in [2.24, 2.45) is 0 Å². The molecule has 5 heteroatoms. The van der Waals surface area contributed by atoms with Crippen LogP contribution >= 0.6 is 23.8 Å². The lowest BCUT2D eigenvalue weighted by molar-refractivity contribution is -0.119. The van der Waals surface area contributed by atoms with Gasteiger partial charge in [0.2, 0.25) is 5.91 Å². The molecule has 3 nitrogen and oxygen atoms in total. The fraction of sp³-hybridized carbons (Fsp3) is 0.429. The van der Waals surface area contributed by atoms with Gasteiger partial charge in [-0.2, -0.15) is 0 Å². The molecule has 0 saturated heterocycles. The van der Waals surface area contributed by atoms with Gasteiger partial charge in [0.15, 0.2) is 5.11 Å². The maximum absolute atomic E-state index is 11.7. The topological polar surface area (TPSA) is 41.1 Å². The zero-order chi connectivity index (χ0) is 14.1. The van der Waals surface area contributed by atoms with Gasteiger partial charge < -0.3 is 10.6 Å². The number of aryl methyl sites for hydroxylation is 1. The van der Waals surface area contributed by atoms with Crippen LogP contribution in [0.5, 0.6) is 0 Å². The van der Waals surface area contributed by atoms with Gasteiger partial charge in [-0.15, -0.1) is 0 Å². The fourth-order valence-corrected chi connectivity index (χ4v) is 2.01. The average molecular weight is 299 g/mol. The third-order valence-corrected chi connectivity index (χ3v) is 3.26. The molecule has 1 amide bonds. The number of halogens is 1. The van der Waals surface area contributed by atoms with E-state index in [9.17, 15) is 4.79 Å². The van der Waals surface area contributed by atoms with E-state index in [1.165, 1.54) is 0 Å². The summed E-state index contributed by atoms with van der Waals surface area (Å²) >= 11 is 11.1. The molecule has 0 aliphatic rings. The summed E-state index contributed by atoms with van der Waals surface area (Å²) in [6.07, 6.45) is 3.12. The lowest BCUT2D eigenvalue weighted by Crippen LogP contribution is -2.39. The Morgan fingerprint density at radius 1 is 1.37 bits per heavy atom. The minimum Gasteiger partial charge on any atom is -0.362 e. The summed E-state index contributed by atoms with van der Waals surface area (Å²) in [6, 6.07) is 7.54. The van der Waals surface area contributed by atoms with Crippen LogP contribution in [0.3, 0.4) is 0 Å². The molecule has 0 saturated carbocycles. The Labute approximate surface area is 124 Å². The van der Waals surface area contributed by atoms with E-state index in [2.05, 4.69) is 17.6 Å². The number of carbonyl (C=O) groups excluding carboxylic acids is 1. The van der Waals surface area contributed by atoms with E-state index in [0.717, 1.165) is 24.9 Å². The number of rotatable bonds is 6. The summed E-state index contributed by atoms with van der Waals surface area (Å²) < 4.78 is 0. The highest BCUT2D eigenvalue weighted by Crippen LogP contribution is 2.16. The van der Waals surface area contributed by atoms with Crippen LogP contribution in [0.2, 0.25) is 5.02 Å². The predicted molar refractivity (Wildman–Crippen MR) is 83.4 cm³/mol. The largest absolute Gasteiger partial charge is 0.362 e. The lowest BCUT2D eigenvalue weighted by Gasteiger charge is -2.09. The van der Waals surface area contributed by atoms with Gasteiger partial charge in [-0.05, 0) is 36.7 Å². The fourth-order valence-electron chi connectivity index (χ4n) is 1.56. The molecule has 104 valence electrons. The first-order valence-corrected chi connectivity index (χ1v) is 7.23. The molecule has 0 radical (unpaired) electrons. The highest BCUT2D eigenvalue weighted by atomic mass is 35.5. The summed E-state index contributed by atoms with van der Waals surface area (Å²) in [5.74, 6) is -0.0890. The number of unbranched alkanes of at least 4 members (excludes halogenated alkanes) is 1. The van der Waals surface area contributed by atoms with Gasteiger partial charge in [-0.25, -0.2) is 0 Å². The third-order valence-electron chi connectivity index (χ3n) is 2.65. The molecule has 1 aromatic carbocycles. The average Bonchev–Trinajstić information content (AvgIpc) is 2.38. The smallest absolute Gasteiger partial charge is 0.226 e. The van der Waals surface area contributed by atoms with Crippen LogP contribution < -0.4 is 10.6 Å². The second-order valence-electron chi connectivity index (χ2n) is 4.25. The molecular formula is C14H19ClN2OS. The van der Waals surface area contributed by atoms with Crippen LogP contribution in [0.1, 0.15) is 31.7 Å². The first kappa shape index (κ1) is 15.9. The Morgan fingerprint density at radius 2 is 2.11 bits per heavy atom.